The van der Waals surface area contributed by atoms with Gasteiger partial charge in [-0.1, -0.05) is 0 Å². The van der Waals surface area contributed by atoms with Gasteiger partial charge in [0, 0.05) is 0 Å². The van der Waals surface area contributed by atoms with Gasteiger partial charge in [0.2, 0.25) is 0 Å². The molecule has 2 rings (SSSR count). The first kappa shape index (κ1) is 9.71. The van der Waals surface area contributed by atoms with Crippen LogP contribution in [-0.4, -0.2) is 22.2 Å². The smallest absolute Gasteiger partial charge is 0.146 e. The lowest BCUT2D eigenvalue weighted by molar-refractivity contribution is 0.417. The number of fused-ring (bicyclic) bond motifs is 1. The van der Waals surface area contributed by atoms with Gasteiger partial charge in [0.1, 0.15) is 22.5 Å². The van der Waals surface area contributed by atoms with Gasteiger partial charge in [-0.15, -0.1) is 0 Å². The molecule has 1 aromatic heterocycles. The maximum Gasteiger partial charge on any atom is 0.146 e. The molecule has 0 bridgehead atoms. The second-order valence-corrected chi connectivity index (χ2v) is 3.38. The number of aromatic nitrogens is 2. The second-order valence-electron chi connectivity index (χ2n) is 3.38. The third-order valence-electron chi connectivity index (χ3n) is 2.40. The van der Waals surface area contributed by atoms with Crippen LogP contribution < -0.4 is 4.74 Å². The lowest BCUT2D eigenvalue weighted by Gasteiger charge is -2.07. The Kier molecular flexibility index (Phi) is 2.19. The van der Waals surface area contributed by atoms with Crippen molar-refractivity contribution in [2.75, 3.05) is 7.11 Å². The van der Waals surface area contributed by atoms with Gasteiger partial charge >= 0.3 is 0 Å². The topological polar surface area (TPSA) is 55.2 Å². The summed E-state index contributed by atoms with van der Waals surface area (Å²) in [4.78, 5) is 8.65. The molecule has 1 aromatic carbocycles. The molecule has 0 aliphatic heterocycles. The van der Waals surface area contributed by atoms with Gasteiger partial charge < -0.3 is 9.84 Å². The van der Waals surface area contributed by atoms with E-state index in [1.807, 2.05) is 13.8 Å². The molecule has 4 heteroatoms. The Morgan fingerprint density at radius 3 is 2.27 bits per heavy atom. The van der Waals surface area contributed by atoms with Crippen molar-refractivity contribution in [3.05, 3.63) is 23.5 Å². The van der Waals surface area contributed by atoms with Crippen molar-refractivity contribution in [1.29, 1.82) is 0 Å². The monoisotopic (exact) mass is 204 g/mol. The summed E-state index contributed by atoms with van der Waals surface area (Å²) in [6.07, 6.45) is 0. The van der Waals surface area contributed by atoms with Gasteiger partial charge in [0.15, 0.2) is 0 Å². The quantitative estimate of drug-likeness (QED) is 0.771. The van der Waals surface area contributed by atoms with E-state index in [1.165, 1.54) is 0 Å². The minimum absolute atomic E-state index is 0.126. The molecule has 2 aromatic rings. The molecule has 1 N–H and O–H groups in total. The van der Waals surface area contributed by atoms with E-state index in [2.05, 4.69) is 9.97 Å². The number of methoxy groups -OCH3 is 1. The second kappa shape index (κ2) is 3.38. The number of phenolic OH excluding ortho intramolecular Hbond substituents is 1. The number of aryl methyl sites for hydroxylation is 2. The van der Waals surface area contributed by atoms with Crippen LogP contribution in [0, 0.1) is 13.8 Å². The summed E-state index contributed by atoms with van der Waals surface area (Å²) in [7, 11) is 1.57. The Labute approximate surface area is 87.6 Å². The van der Waals surface area contributed by atoms with Crippen molar-refractivity contribution in [2.24, 2.45) is 0 Å². The molecule has 0 fully saturated rings. The zero-order chi connectivity index (χ0) is 11.0. The van der Waals surface area contributed by atoms with Gasteiger partial charge in [0.25, 0.3) is 0 Å². The Morgan fingerprint density at radius 2 is 1.67 bits per heavy atom. The van der Waals surface area contributed by atoms with E-state index < -0.39 is 0 Å². The van der Waals surface area contributed by atoms with E-state index >= 15 is 0 Å². The largest absolute Gasteiger partial charge is 0.506 e. The summed E-state index contributed by atoms with van der Waals surface area (Å²) in [5.41, 5.74) is 2.73. The number of hydrogen-bond acceptors (Lipinski definition) is 4. The molecule has 0 amide bonds. The maximum absolute atomic E-state index is 9.65. The molecule has 0 aliphatic carbocycles. The fraction of sp³-hybridized carbons (Fsp3) is 0.273. The van der Waals surface area contributed by atoms with Crippen LogP contribution in [0.1, 0.15) is 11.4 Å². The highest BCUT2D eigenvalue weighted by Gasteiger charge is 2.10. The first-order chi connectivity index (χ1) is 7.13. The summed E-state index contributed by atoms with van der Waals surface area (Å²) in [5.74, 6) is 0.750. The first-order valence-corrected chi connectivity index (χ1v) is 4.64. The number of hydrogen-bond donors (Lipinski definition) is 1. The van der Waals surface area contributed by atoms with Gasteiger partial charge in [-0.3, -0.25) is 0 Å². The van der Waals surface area contributed by atoms with E-state index in [1.54, 1.807) is 19.2 Å². The standard InChI is InChI=1S/C11H12N2O2/c1-6-7(2)13-11-9(15-3)5-4-8(14)10(11)12-6/h4-5,14H,1-3H3. The fourth-order valence-electron chi connectivity index (χ4n) is 1.43. The van der Waals surface area contributed by atoms with E-state index in [0.717, 1.165) is 11.4 Å². The van der Waals surface area contributed by atoms with Gasteiger partial charge in [-0.05, 0) is 26.0 Å². The molecule has 0 atom stereocenters. The predicted molar refractivity (Wildman–Crippen MR) is 57.2 cm³/mol. The SMILES string of the molecule is COc1ccc(O)c2nc(C)c(C)nc12. The Bertz CT molecular complexity index is 523. The lowest BCUT2D eigenvalue weighted by atomic mass is 10.2. The molecule has 0 radical (unpaired) electrons. The molecule has 0 spiro atoms. The van der Waals surface area contributed by atoms with Crippen LogP contribution in [0.3, 0.4) is 0 Å². The van der Waals surface area contributed by atoms with E-state index in [-0.39, 0.29) is 5.75 Å². The van der Waals surface area contributed by atoms with E-state index in [9.17, 15) is 5.11 Å². The Hall–Kier alpha value is -1.84. The number of rotatable bonds is 1. The van der Waals surface area contributed by atoms with Gasteiger partial charge in [-0.25, -0.2) is 9.97 Å². The van der Waals surface area contributed by atoms with Gasteiger partial charge in [0.05, 0.1) is 18.5 Å². The zero-order valence-electron chi connectivity index (χ0n) is 8.90. The molecular weight excluding hydrogens is 192 g/mol. The predicted octanol–water partition coefficient (Wildman–Crippen LogP) is 1.96. The number of nitrogens with zero attached hydrogens (tertiary/aromatic N) is 2. The van der Waals surface area contributed by atoms with E-state index in [4.69, 9.17) is 4.74 Å². The summed E-state index contributed by atoms with van der Waals surface area (Å²) in [6, 6.07) is 3.24. The third-order valence-corrected chi connectivity index (χ3v) is 2.40. The van der Waals surface area contributed by atoms with Crippen LogP contribution in [0.15, 0.2) is 12.1 Å². The molecule has 0 unspecified atom stereocenters. The van der Waals surface area contributed by atoms with Crippen LogP contribution in [0.5, 0.6) is 11.5 Å². The van der Waals surface area contributed by atoms with Crippen LogP contribution in [0.25, 0.3) is 11.0 Å². The number of benzene rings is 1. The molecule has 0 saturated carbocycles. The summed E-state index contributed by atoms with van der Waals surface area (Å²) in [5, 5.41) is 9.65. The number of ether oxygens (including phenoxy) is 1. The number of phenols is 1. The Balaban J connectivity index is 2.88. The summed E-state index contributed by atoms with van der Waals surface area (Å²) < 4.78 is 5.16. The molecular formula is C11H12N2O2. The van der Waals surface area contributed by atoms with Crippen LogP contribution in [0.4, 0.5) is 0 Å². The lowest BCUT2D eigenvalue weighted by Crippen LogP contribution is -1.96. The van der Waals surface area contributed by atoms with Crippen molar-refractivity contribution in [3.8, 4) is 11.5 Å². The van der Waals surface area contributed by atoms with Crippen molar-refractivity contribution in [3.63, 3.8) is 0 Å². The highest BCUT2D eigenvalue weighted by atomic mass is 16.5. The molecule has 0 saturated heterocycles. The van der Waals surface area contributed by atoms with Crippen LogP contribution >= 0.6 is 0 Å². The molecule has 15 heavy (non-hydrogen) atoms. The Morgan fingerprint density at radius 1 is 1.07 bits per heavy atom. The average Bonchev–Trinajstić information content (AvgIpc) is 2.22. The zero-order valence-corrected chi connectivity index (χ0v) is 8.90. The normalized spacial score (nSPS) is 10.6. The average molecular weight is 204 g/mol. The molecule has 78 valence electrons. The van der Waals surface area contributed by atoms with Crippen molar-refractivity contribution in [1.82, 2.24) is 9.97 Å². The first-order valence-electron chi connectivity index (χ1n) is 4.64. The minimum atomic E-state index is 0.126. The summed E-state index contributed by atoms with van der Waals surface area (Å²) >= 11 is 0. The van der Waals surface area contributed by atoms with Crippen LogP contribution in [-0.2, 0) is 0 Å². The highest BCUT2D eigenvalue weighted by Crippen LogP contribution is 2.29. The molecule has 1 heterocycles. The van der Waals surface area contributed by atoms with Crippen molar-refractivity contribution in [2.45, 2.75) is 13.8 Å². The maximum atomic E-state index is 9.65. The number of aromatic hydroxyl groups is 1. The minimum Gasteiger partial charge on any atom is -0.506 e. The van der Waals surface area contributed by atoms with Gasteiger partial charge in [-0.2, -0.15) is 0 Å². The van der Waals surface area contributed by atoms with Crippen molar-refractivity contribution >= 4 is 11.0 Å². The van der Waals surface area contributed by atoms with E-state index in [0.29, 0.717) is 16.8 Å². The summed E-state index contributed by atoms with van der Waals surface area (Å²) in [6.45, 7) is 3.74. The van der Waals surface area contributed by atoms with Crippen LogP contribution in [0.2, 0.25) is 0 Å². The molecule has 4 nitrogen and oxygen atoms in total. The van der Waals surface area contributed by atoms with Crippen molar-refractivity contribution < 1.29 is 9.84 Å². The highest BCUT2D eigenvalue weighted by molar-refractivity contribution is 5.86. The third kappa shape index (κ3) is 1.48. The fourth-order valence-corrected chi connectivity index (χ4v) is 1.43. The molecule has 0 aliphatic rings.